The molecule has 0 unspecified atom stereocenters. The average Bonchev–Trinajstić information content (AvgIpc) is 2.27. The van der Waals surface area contributed by atoms with Crippen molar-refractivity contribution in [1.82, 2.24) is 0 Å². The number of alkyl halides is 3. The van der Waals surface area contributed by atoms with Crippen LogP contribution in [0.1, 0.15) is 12.5 Å². The molecule has 3 nitrogen and oxygen atoms in total. The van der Waals surface area contributed by atoms with E-state index in [9.17, 15) is 18.0 Å². The highest BCUT2D eigenvalue weighted by atomic mass is 35.5. The Balaban J connectivity index is 2.72. The maximum absolute atomic E-state index is 13.1. The topological polar surface area (TPSA) is 46.5 Å². The van der Waals surface area contributed by atoms with Crippen molar-refractivity contribution in [3.8, 4) is 5.75 Å². The Morgan fingerprint density at radius 2 is 1.95 bits per heavy atom. The molecule has 0 amide bonds. The second-order valence-electron chi connectivity index (χ2n) is 4.30. The summed E-state index contributed by atoms with van der Waals surface area (Å²) >= 11 is 11.5. The van der Waals surface area contributed by atoms with Crippen LogP contribution in [0.25, 0.3) is 6.08 Å². The Hall–Kier alpha value is -1.40. The third-order valence-electron chi connectivity index (χ3n) is 2.93. The van der Waals surface area contributed by atoms with E-state index in [-0.39, 0.29) is 21.4 Å². The Bertz CT molecular complexity index is 625. The number of benzene rings is 1. The summed E-state index contributed by atoms with van der Waals surface area (Å²) in [6, 6.07) is 2.50. The van der Waals surface area contributed by atoms with Crippen molar-refractivity contribution in [3.63, 3.8) is 0 Å². The molecule has 0 saturated carbocycles. The molecule has 1 heterocycles. The zero-order chi connectivity index (χ0) is 15.3. The van der Waals surface area contributed by atoms with Crippen molar-refractivity contribution in [1.29, 1.82) is 0 Å². The summed E-state index contributed by atoms with van der Waals surface area (Å²) in [6.45, 7) is 0.640. The molecule has 20 heavy (non-hydrogen) atoms. The van der Waals surface area contributed by atoms with Crippen LogP contribution in [-0.2, 0) is 4.79 Å². The normalized spacial score (nSPS) is 21.8. The molecule has 0 radical (unpaired) electrons. The largest absolute Gasteiger partial charge is 0.478 e. The van der Waals surface area contributed by atoms with Crippen LogP contribution in [0.15, 0.2) is 17.7 Å². The molecule has 0 aliphatic carbocycles. The molecule has 108 valence electrons. The molecule has 0 fully saturated rings. The minimum Gasteiger partial charge on any atom is -0.478 e. The van der Waals surface area contributed by atoms with E-state index in [0.717, 1.165) is 6.08 Å². The van der Waals surface area contributed by atoms with Crippen LogP contribution in [0.3, 0.4) is 0 Å². The lowest BCUT2D eigenvalue weighted by molar-refractivity contribution is -0.228. The molecule has 1 atom stereocenters. The van der Waals surface area contributed by atoms with Crippen LogP contribution in [0.5, 0.6) is 5.75 Å². The van der Waals surface area contributed by atoms with Gasteiger partial charge in [0.05, 0.1) is 10.6 Å². The maximum atomic E-state index is 13.1. The SMILES string of the molecule is C[C@]1(C(F)(F)F)Oc2c(Cl)cc(Cl)cc2C=C1C(=O)O. The van der Waals surface area contributed by atoms with E-state index >= 15 is 0 Å². The lowest BCUT2D eigenvalue weighted by Gasteiger charge is -2.36. The zero-order valence-corrected chi connectivity index (χ0v) is 11.4. The summed E-state index contributed by atoms with van der Waals surface area (Å²) in [5, 5.41) is 9.03. The van der Waals surface area contributed by atoms with Crippen molar-refractivity contribution in [2.45, 2.75) is 18.7 Å². The van der Waals surface area contributed by atoms with Crippen molar-refractivity contribution < 1.29 is 27.8 Å². The van der Waals surface area contributed by atoms with Crippen LogP contribution in [0.2, 0.25) is 10.0 Å². The fraction of sp³-hybridized carbons (Fsp3) is 0.250. The molecule has 1 aromatic rings. The highest BCUT2D eigenvalue weighted by molar-refractivity contribution is 6.36. The summed E-state index contributed by atoms with van der Waals surface area (Å²) < 4.78 is 44.3. The van der Waals surface area contributed by atoms with Gasteiger partial charge in [0.25, 0.3) is 0 Å². The minimum atomic E-state index is -4.92. The van der Waals surface area contributed by atoms with Gasteiger partial charge >= 0.3 is 12.1 Å². The minimum absolute atomic E-state index is 0.0848. The predicted octanol–water partition coefficient (Wildman–Crippen LogP) is 4.17. The molecule has 1 aliphatic rings. The first-order valence-electron chi connectivity index (χ1n) is 5.26. The van der Waals surface area contributed by atoms with Gasteiger partial charge in [-0.3, -0.25) is 0 Å². The molecule has 0 saturated heterocycles. The van der Waals surface area contributed by atoms with Gasteiger partial charge in [0.1, 0.15) is 5.75 Å². The van der Waals surface area contributed by atoms with Crippen LogP contribution in [-0.4, -0.2) is 22.9 Å². The van der Waals surface area contributed by atoms with Crippen LogP contribution >= 0.6 is 23.2 Å². The summed E-state index contributed by atoms with van der Waals surface area (Å²) in [4.78, 5) is 11.1. The first kappa shape index (κ1) is 15.0. The smallest absolute Gasteiger partial charge is 0.432 e. The van der Waals surface area contributed by atoms with Crippen molar-refractivity contribution in [2.75, 3.05) is 0 Å². The number of hydrogen-bond acceptors (Lipinski definition) is 2. The van der Waals surface area contributed by atoms with E-state index in [1.165, 1.54) is 12.1 Å². The third-order valence-corrected chi connectivity index (χ3v) is 3.43. The van der Waals surface area contributed by atoms with Gasteiger partial charge < -0.3 is 9.84 Å². The standard InChI is InChI=1S/C12H7Cl2F3O3/c1-11(12(15,16)17)7(10(18)19)3-5-2-6(13)4-8(14)9(5)20-11/h2-4H,1H3,(H,18,19)/t11-/m0/s1. The van der Waals surface area contributed by atoms with E-state index in [2.05, 4.69) is 0 Å². The number of carboxylic acids is 1. The molecule has 1 aromatic carbocycles. The van der Waals surface area contributed by atoms with E-state index in [1.807, 2.05) is 0 Å². The highest BCUT2D eigenvalue weighted by Gasteiger charge is 2.60. The number of halogens is 5. The van der Waals surface area contributed by atoms with Crippen LogP contribution in [0, 0.1) is 0 Å². The number of fused-ring (bicyclic) bond motifs is 1. The number of carboxylic acid groups (broad SMARTS) is 1. The van der Waals surface area contributed by atoms with Crippen molar-refractivity contribution in [2.24, 2.45) is 0 Å². The Kier molecular flexibility index (Phi) is 3.42. The number of ether oxygens (including phenoxy) is 1. The maximum Gasteiger partial charge on any atom is 0.432 e. The predicted molar refractivity (Wildman–Crippen MR) is 67.2 cm³/mol. The lowest BCUT2D eigenvalue weighted by Crippen LogP contribution is -2.52. The monoisotopic (exact) mass is 326 g/mol. The molecular formula is C12H7Cl2F3O3. The van der Waals surface area contributed by atoms with E-state index in [1.54, 1.807) is 0 Å². The van der Waals surface area contributed by atoms with E-state index in [4.69, 9.17) is 33.0 Å². The van der Waals surface area contributed by atoms with Gasteiger partial charge in [-0.05, 0) is 25.1 Å². The molecule has 2 rings (SSSR count). The second kappa shape index (κ2) is 4.56. The summed E-state index contributed by atoms with van der Waals surface area (Å²) in [5.41, 5.74) is -3.83. The van der Waals surface area contributed by atoms with E-state index < -0.39 is 23.3 Å². The number of carbonyl (C=O) groups is 1. The van der Waals surface area contributed by atoms with Gasteiger partial charge in [-0.25, -0.2) is 4.79 Å². The number of hydrogen-bond donors (Lipinski definition) is 1. The molecule has 1 aliphatic heterocycles. The van der Waals surface area contributed by atoms with E-state index in [0.29, 0.717) is 6.92 Å². The quantitative estimate of drug-likeness (QED) is 0.842. The number of aliphatic carboxylic acids is 1. The first-order chi connectivity index (χ1) is 9.06. The molecule has 0 bridgehead atoms. The van der Waals surface area contributed by atoms with Crippen LogP contribution in [0.4, 0.5) is 13.2 Å². The fourth-order valence-electron chi connectivity index (χ4n) is 1.82. The lowest BCUT2D eigenvalue weighted by atomic mass is 9.90. The van der Waals surface area contributed by atoms with Gasteiger partial charge in [-0.1, -0.05) is 23.2 Å². The highest BCUT2D eigenvalue weighted by Crippen LogP contribution is 2.47. The van der Waals surface area contributed by atoms with Gasteiger partial charge in [0.2, 0.25) is 5.60 Å². The van der Waals surface area contributed by atoms with Crippen molar-refractivity contribution >= 4 is 35.2 Å². The summed E-state index contributed by atoms with van der Waals surface area (Å²) in [5.74, 6) is -1.98. The first-order valence-corrected chi connectivity index (χ1v) is 6.02. The van der Waals surface area contributed by atoms with Gasteiger partial charge in [0, 0.05) is 10.6 Å². The third kappa shape index (κ3) is 2.23. The van der Waals surface area contributed by atoms with Crippen LogP contribution < -0.4 is 4.74 Å². The molecular weight excluding hydrogens is 320 g/mol. The van der Waals surface area contributed by atoms with Gasteiger partial charge in [-0.15, -0.1) is 0 Å². The Morgan fingerprint density at radius 1 is 1.35 bits per heavy atom. The fourth-order valence-corrected chi connectivity index (χ4v) is 2.37. The Morgan fingerprint density at radius 3 is 2.45 bits per heavy atom. The van der Waals surface area contributed by atoms with Gasteiger partial charge in [-0.2, -0.15) is 13.2 Å². The Labute approximate surface area is 121 Å². The summed E-state index contributed by atoms with van der Waals surface area (Å²) in [7, 11) is 0. The average molecular weight is 327 g/mol. The molecule has 1 N–H and O–H groups in total. The molecule has 0 aromatic heterocycles. The summed E-state index contributed by atoms with van der Waals surface area (Å²) in [6.07, 6.45) is -4.05. The van der Waals surface area contributed by atoms with Gasteiger partial charge in [0.15, 0.2) is 0 Å². The second-order valence-corrected chi connectivity index (χ2v) is 5.15. The van der Waals surface area contributed by atoms with Crippen molar-refractivity contribution in [3.05, 3.63) is 33.3 Å². The number of rotatable bonds is 1. The zero-order valence-electron chi connectivity index (χ0n) is 9.89. The molecule has 8 heteroatoms. The molecule has 0 spiro atoms.